The molecule has 0 unspecified atom stereocenters. The van der Waals surface area contributed by atoms with E-state index >= 15 is 0 Å². The van der Waals surface area contributed by atoms with E-state index in [0.717, 1.165) is 17.0 Å². The van der Waals surface area contributed by atoms with E-state index in [-0.39, 0.29) is 24.7 Å². The number of nitrogens with zero attached hydrogens (tertiary/aromatic N) is 5. The lowest BCUT2D eigenvalue weighted by molar-refractivity contribution is -0.136. The molecule has 2 aromatic heterocycles. The van der Waals surface area contributed by atoms with Crippen molar-refractivity contribution >= 4 is 46.3 Å². The Morgan fingerprint density at radius 1 is 1.07 bits per heavy atom. The number of aliphatic carboxylic acids is 1. The third-order valence-electron chi connectivity index (χ3n) is 6.18. The first-order chi connectivity index (χ1) is 19.9. The number of imidazole rings is 1. The number of aromatic nitrogens is 3. The van der Waals surface area contributed by atoms with Crippen LogP contribution in [-0.2, 0) is 23.1 Å². The number of hydrogen-bond acceptors (Lipinski definition) is 7. The molecular weight excluding hydrogens is 538 g/mol. The van der Waals surface area contributed by atoms with Crippen LogP contribution in [0.3, 0.4) is 0 Å². The summed E-state index contributed by atoms with van der Waals surface area (Å²) in [6.07, 6.45) is 0.588. The highest BCUT2D eigenvalue weighted by atomic mass is 16.6. The number of carboxylic acids is 1. The number of hydrogen-bond donors (Lipinski definition) is 3. The van der Waals surface area contributed by atoms with E-state index in [9.17, 15) is 14.4 Å². The maximum absolute atomic E-state index is 13.4. The fraction of sp³-hybridized carbons (Fsp3) is 0.267. The Morgan fingerprint density at radius 3 is 2.43 bits per heavy atom. The number of carbonyl (C=O) groups excluding carboxylic acids is 2. The molecular formula is C30H33N7O5. The van der Waals surface area contributed by atoms with Crippen molar-refractivity contribution in [3.05, 3.63) is 83.8 Å². The molecule has 0 aliphatic carbocycles. The van der Waals surface area contributed by atoms with Gasteiger partial charge in [0.1, 0.15) is 23.1 Å². The van der Waals surface area contributed by atoms with Crippen molar-refractivity contribution < 1.29 is 24.2 Å². The first kappa shape index (κ1) is 29.7. The summed E-state index contributed by atoms with van der Waals surface area (Å²) in [5.74, 6) is -0.207. The van der Waals surface area contributed by atoms with Gasteiger partial charge in [0.25, 0.3) is 5.91 Å². The number of carboxylic acid groups (broad SMARTS) is 1. The van der Waals surface area contributed by atoms with E-state index in [2.05, 4.69) is 15.3 Å². The van der Waals surface area contributed by atoms with Crippen LogP contribution in [0.2, 0.25) is 0 Å². The summed E-state index contributed by atoms with van der Waals surface area (Å²) >= 11 is 0. The average Bonchev–Trinajstić information content (AvgIpc) is 3.26. The van der Waals surface area contributed by atoms with Gasteiger partial charge in [-0.25, -0.2) is 14.8 Å². The molecule has 0 saturated heterocycles. The third kappa shape index (κ3) is 7.47. The Balaban J connectivity index is 1.47. The van der Waals surface area contributed by atoms with Gasteiger partial charge in [0.05, 0.1) is 24.0 Å². The highest BCUT2D eigenvalue weighted by Crippen LogP contribution is 2.21. The Bertz CT molecular complexity index is 1620. The molecule has 12 nitrogen and oxygen atoms in total. The number of fused-ring (bicyclic) bond motifs is 1. The molecule has 42 heavy (non-hydrogen) atoms. The minimum absolute atomic E-state index is 0.0160. The summed E-state index contributed by atoms with van der Waals surface area (Å²) in [6.45, 7) is 5.64. The Morgan fingerprint density at radius 2 is 1.79 bits per heavy atom. The van der Waals surface area contributed by atoms with E-state index in [1.165, 1.54) is 4.90 Å². The number of amidine groups is 1. The summed E-state index contributed by atoms with van der Waals surface area (Å²) in [4.78, 5) is 50.6. The standard InChI is InChI=1S/C30H33N7O5/c1-30(2,3)42-29(41)35-27(31)19-8-11-21(12-9-19)33-18-25-34-22-17-20(10-13-23(22)36(25)4)28(40)37(16-14-26(38)39)24-7-5-6-15-32-24/h5-13,15,17,33H,14,16,18H2,1-4H3,(H,38,39)(H2,31,35,41). The van der Waals surface area contributed by atoms with Crippen molar-refractivity contribution in [3.8, 4) is 0 Å². The molecule has 4 N–H and O–H groups in total. The normalized spacial score (nSPS) is 11.8. The van der Waals surface area contributed by atoms with Crippen molar-refractivity contribution in [3.63, 3.8) is 0 Å². The van der Waals surface area contributed by atoms with E-state index in [4.69, 9.17) is 20.6 Å². The third-order valence-corrected chi connectivity index (χ3v) is 6.18. The minimum atomic E-state index is -1.01. The van der Waals surface area contributed by atoms with Gasteiger partial charge in [0, 0.05) is 36.6 Å². The van der Waals surface area contributed by atoms with Crippen LogP contribution >= 0.6 is 0 Å². The van der Waals surface area contributed by atoms with Crippen molar-refractivity contribution in [1.82, 2.24) is 14.5 Å². The molecule has 0 bridgehead atoms. The summed E-state index contributed by atoms with van der Waals surface area (Å²) in [5, 5.41) is 12.5. The Kier molecular flexibility index (Phi) is 8.84. The number of benzene rings is 2. The van der Waals surface area contributed by atoms with Crippen LogP contribution in [-0.4, -0.2) is 55.6 Å². The average molecular weight is 572 g/mol. The van der Waals surface area contributed by atoms with E-state index < -0.39 is 17.7 Å². The fourth-order valence-electron chi connectivity index (χ4n) is 4.13. The van der Waals surface area contributed by atoms with Crippen LogP contribution in [0.5, 0.6) is 0 Å². The number of aryl methyl sites for hydroxylation is 1. The van der Waals surface area contributed by atoms with Crippen molar-refractivity contribution in [2.45, 2.75) is 39.3 Å². The first-order valence-corrected chi connectivity index (χ1v) is 13.2. The smallest absolute Gasteiger partial charge is 0.436 e. The number of pyridine rings is 1. The minimum Gasteiger partial charge on any atom is -0.481 e. The zero-order chi connectivity index (χ0) is 30.4. The summed E-state index contributed by atoms with van der Waals surface area (Å²) in [6, 6.07) is 17.5. The Labute approximate surface area is 242 Å². The number of rotatable bonds is 9. The number of anilines is 2. The van der Waals surface area contributed by atoms with Gasteiger partial charge < -0.3 is 25.5 Å². The van der Waals surface area contributed by atoms with Crippen LogP contribution in [0.4, 0.5) is 16.3 Å². The fourth-order valence-corrected chi connectivity index (χ4v) is 4.13. The van der Waals surface area contributed by atoms with E-state index in [0.29, 0.717) is 29.0 Å². The molecule has 4 aromatic rings. The zero-order valence-electron chi connectivity index (χ0n) is 23.9. The van der Waals surface area contributed by atoms with Gasteiger partial charge in [-0.3, -0.25) is 14.5 Å². The van der Waals surface area contributed by atoms with Crippen LogP contribution in [0, 0.1) is 0 Å². The monoisotopic (exact) mass is 571 g/mol. The highest BCUT2D eigenvalue weighted by Gasteiger charge is 2.21. The molecule has 218 valence electrons. The van der Waals surface area contributed by atoms with E-state index in [1.807, 2.05) is 29.8 Å². The van der Waals surface area contributed by atoms with Gasteiger partial charge in [0.15, 0.2) is 0 Å². The predicted octanol–water partition coefficient (Wildman–Crippen LogP) is 4.34. The molecule has 0 radical (unpaired) electrons. The molecule has 0 aliphatic rings. The number of amides is 2. The van der Waals surface area contributed by atoms with Gasteiger partial charge in [-0.2, -0.15) is 4.99 Å². The first-order valence-electron chi connectivity index (χ1n) is 13.2. The lowest BCUT2D eigenvalue weighted by Gasteiger charge is -2.21. The maximum Gasteiger partial charge on any atom is 0.436 e. The summed E-state index contributed by atoms with van der Waals surface area (Å²) in [7, 11) is 1.89. The molecule has 2 heterocycles. The molecule has 12 heteroatoms. The molecule has 0 spiro atoms. The quantitative estimate of drug-likeness (QED) is 0.196. The van der Waals surface area contributed by atoms with Crippen LogP contribution in [0.1, 0.15) is 48.9 Å². The van der Waals surface area contributed by atoms with Gasteiger partial charge >= 0.3 is 12.1 Å². The van der Waals surface area contributed by atoms with Crippen molar-refractivity contribution in [2.24, 2.45) is 17.8 Å². The number of nitrogens with one attached hydrogen (secondary N) is 1. The topological polar surface area (TPSA) is 165 Å². The largest absolute Gasteiger partial charge is 0.481 e. The molecule has 0 saturated carbocycles. The lowest BCUT2D eigenvalue weighted by Crippen LogP contribution is -2.33. The Hall–Kier alpha value is -5.26. The lowest BCUT2D eigenvalue weighted by atomic mass is 10.1. The van der Waals surface area contributed by atoms with Crippen LogP contribution in [0.15, 0.2) is 71.9 Å². The van der Waals surface area contributed by atoms with Gasteiger partial charge in [-0.05, 0) is 75.4 Å². The molecule has 2 amide bonds. The molecule has 0 atom stereocenters. The summed E-state index contributed by atoms with van der Waals surface area (Å²) < 4.78 is 7.10. The molecule has 4 rings (SSSR count). The second-order valence-electron chi connectivity index (χ2n) is 10.5. The summed E-state index contributed by atoms with van der Waals surface area (Å²) in [5.41, 5.74) is 8.52. The van der Waals surface area contributed by atoms with Gasteiger partial charge in [-0.1, -0.05) is 6.07 Å². The SMILES string of the molecule is Cn1c(CNc2ccc(/C(N)=N\C(=O)OC(C)(C)C)cc2)nc2cc(C(=O)N(CCC(=O)O)c3ccccn3)ccc21. The van der Waals surface area contributed by atoms with Crippen molar-refractivity contribution in [1.29, 1.82) is 0 Å². The van der Waals surface area contributed by atoms with Crippen LogP contribution in [0.25, 0.3) is 11.0 Å². The maximum atomic E-state index is 13.4. The van der Waals surface area contributed by atoms with Crippen molar-refractivity contribution in [2.75, 3.05) is 16.8 Å². The van der Waals surface area contributed by atoms with Gasteiger partial charge in [-0.15, -0.1) is 0 Å². The molecule has 0 fully saturated rings. The van der Waals surface area contributed by atoms with E-state index in [1.54, 1.807) is 69.4 Å². The number of nitrogens with two attached hydrogens (primary N) is 1. The number of carbonyl (C=O) groups is 3. The molecule has 0 aliphatic heterocycles. The second kappa shape index (κ2) is 12.5. The number of ether oxygens (including phenoxy) is 1. The highest BCUT2D eigenvalue weighted by molar-refractivity contribution is 6.07. The zero-order valence-corrected chi connectivity index (χ0v) is 23.9. The molecule has 2 aromatic carbocycles. The predicted molar refractivity (Wildman–Crippen MR) is 160 cm³/mol. The van der Waals surface area contributed by atoms with Gasteiger partial charge in [0.2, 0.25) is 0 Å². The second-order valence-corrected chi connectivity index (χ2v) is 10.5. The van der Waals surface area contributed by atoms with Crippen LogP contribution < -0.4 is 16.0 Å². The number of aliphatic imine (C=N–C) groups is 1.